The lowest BCUT2D eigenvalue weighted by atomic mass is 9.96. The zero-order valence-corrected chi connectivity index (χ0v) is 13.1. The molecule has 0 atom stereocenters. The highest BCUT2D eigenvalue weighted by molar-refractivity contribution is 5.94. The number of anilines is 1. The minimum Gasteiger partial charge on any atom is -0.355 e. The Morgan fingerprint density at radius 3 is 2.71 bits per heavy atom. The highest BCUT2D eigenvalue weighted by Crippen LogP contribution is 2.20. The Kier molecular flexibility index (Phi) is 4.98. The van der Waals surface area contributed by atoms with Crippen LogP contribution in [0.3, 0.4) is 0 Å². The van der Waals surface area contributed by atoms with Crippen LogP contribution in [0.1, 0.15) is 23.2 Å². The quantitative estimate of drug-likeness (QED) is 0.934. The molecule has 1 fully saturated rings. The van der Waals surface area contributed by atoms with Gasteiger partial charge in [-0.25, -0.2) is 13.8 Å². The van der Waals surface area contributed by atoms with Gasteiger partial charge in [-0.3, -0.25) is 9.78 Å². The average Bonchev–Trinajstić information content (AvgIpc) is 2.61. The SMILES string of the molecule is O=C(NCC1CCN(c2cnccn2)CC1)c1ccc(F)cc1F. The first-order valence-electron chi connectivity index (χ1n) is 7.87. The molecular formula is C17H18F2N4O. The molecule has 0 spiro atoms. The van der Waals surface area contributed by atoms with Crippen molar-refractivity contribution in [3.63, 3.8) is 0 Å². The van der Waals surface area contributed by atoms with Crippen molar-refractivity contribution in [1.82, 2.24) is 15.3 Å². The molecule has 1 saturated heterocycles. The summed E-state index contributed by atoms with van der Waals surface area (Å²) in [7, 11) is 0. The lowest BCUT2D eigenvalue weighted by Crippen LogP contribution is -2.39. The third-order valence-corrected chi connectivity index (χ3v) is 4.22. The molecule has 3 rings (SSSR count). The molecule has 1 aliphatic rings. The monoisotopic (exact) mass is 332 g/mol. The first-order chi connectivity index (χ1) is 11.6. The molecule has 0 saturated carbocycles. The van der Waals surface area contributed by atoms with Gasteiger partial charge >= 0.3 is 0 Å². The molecule has 126 valence electrons. The molecule has 0 bridgehead atoms. The van der Waals surface area contributed by atoms with E-state index in [9.17, 15) is 13.6 Å². The van der Waals surface area contributed by atoms with Crippen molar-refractivity contribution < 1.29 is 13.6 Å². The summed E-state index contributed by atoms with van der Waals surface area (Å²) in [5.41, 5.74) is -0.131. The Morgan fingerprint density at radius 2 is 2.04 bits per heavy atom. The fraction of sp³-hybridized carbons (Fsp3) is 0.353. The molecular weight excluding hydrogens is 314 g/mol. The molecule has 1 aliphatic heterocycles. The van der Waals surface area contributed by atoms with Crippen molar-refractivity contribution in [3.05, 3.63) is 54.0 Å². The number of amides is 1. The van der Waals surface area contributed by atoms with E-state index in [4.69, 9.17) is 0 Å². The Balaban J connectivity index is 1.49. The fourth-order valence-corrected chi connectivity index (χ4v) is 2.83. The first-order valence-corrected chi connectivity index (χ1v) is 7.87. The molecule has 1 aromatic carbocycles. The number of rotatable bonds is 4. The summed E-state index contributed by atoms with van der Waals surface area (Å²) in [4.78, 5) is 22.5. The van der Waals surface area contributed by atoms with Crippen LogP contribution in [0.5, 0.6) is 0 Å². The minimum absolute atomic E-state index is 0.131. The van der Waals surface area contributed by atoms with Crippen LogP contribution in [-0.2, 0) is 0 Å². The summed E-state index contributed by atoms with van der Waals surface area (Å²) >= 11 is 0. The summed E-state index contributed by atoms with van der Waals surface area (Å²) in [6.45, 7) is 2.15. The predicted molar refractivity (Wildman–Crippen MR) is 85.7 cm³/mol. The maximum Gasteiger partial charge on any atom is 0.254 e. The van der Waals surface area contributed by atoms with Gasteiger partial charge in [-0.2, -0.15) is 0 Å². The molecule has 0 unspecified atom stereocenters. The maximum absolute atomic E-state index is 13.6. The summed E-state index contributed by atoms with van der Waals surface area (Å²) in [5.74, 6) is -0.868. The molecule has 2 aromatic rings. The number of piperidine rings is 1. The molecule has 2 heterocycles. The highest BCUT2D eigenvalue weighted by atomic mass is 19.1. The second-order valence-corrected chi connectivity index (χ2v) is 5.83. The number of benzene rings is 1. The zero-order valence-electron chi connectivity index (χ0n) is 13.1. The molecule has 24 heavy (non-hydrogen) atoms. The van der Waals surface area contributed by atoms with E-state index in [1.807, 2.05) is 0 Å². The van der Waals surface area contributed by atoms with Gasteiger partial charge in [-0.15, -0.1) is 0 Å². The van der Waals surface area contributed by atoms with Gasteiger partial charge in [-0.1, -0.05) is 0 Å². The van der Waals surface area contributed by atoms with Gasteiger partial charge in [0.05, 0.1) is 11.8 Å². The topological polar surface area (TPSA) is 58.1 Å². The van der Waals surface area contributed by atoms with Gasteiger partial charge in [-0.05, 0) is 30.9 Å². The van der Waals surface area contributed by atoms with Crippen LogP contribution < -0.4 is 10.2 Å². The lowest BCUT2D eigenvalue weighted by Gasteiger charge is -2.32. The average molecular weight is 332 g/mol. The zero-order chi connectivity index (χ0) is 16.9. The van der Waals surface area contributed by atoms with Gasteiger partial charge in [0.25, 0.3) is 5.91 Å². The van der Waals surface area contributed by atoms with Crippen molar-refractivity contribution >= 4 is 11.7 Å². The van der Waals surface area contributed by atoms with E-state index in [2.05, 4.69) is 20.2 Å². The molecule has 0 radical (unpaired) electrons. The minimum atomic E-state index is -0.843. The van der Waals surface area contributed by atoms with Crippen molar-refractivity contribution in [1.29, 1.82) is 0 Å². The lowest BCUT2D eigenvalue weighted by molar-refractivity contribution is 0.0940. The molecule has 7 heteroatoms. The van der Waals surface area contributed by atoms with E-state index in [0.717, 1.165) is 43.9 Å². The van der Waals surface area contributed by atoms with Gasteiger partial charge in [0.1, 0.15) is 17.5 Å². The number of nitrogens with one attached hydrogen (secondary N) is 1. The van der Waals surface area contributed by atoms with Gasteiger partial charge < -0.3 is 10.2 Å². The first kappa shape index (κ1) is 16.3. The number of nitrogens with zero attached hydrogens (tertiary/aromatic N) is 3. The van der Waals surface area contributed by atoms with Crippen LogP contribution in [-0.4, -0.2) is 35.5 Å². The predicted octanol–water partition coefficient (Wildman–Crippen LogP) is 2.40. The summed E-state index contributed by atoms with van der Waals surface area (Å²) in [6.07, 6.45) is 6.85. The van der Waals surface area contributed by atoms with Crippen LogP contribution in [0.2, 0.25) is 0 Å². The summed E-state index contributed by atoms with van der Waals surface area (Å²) in [6, 6.07) is 2.96. The Hall–Kier alpha value is -2.57. The molecule has 1 N–H and O–H groups in total. The smallest absolute Gasteiger partial charge is 0.254 e. The summed E-state index contributed by atoms with van der Waals surface area (Å²) < 4.78 is 26.5. The molecule has 5 nitrogen and oxygen atoms in total. The van der Waals surface area contributed by atoms with Crippen LogP contribution in [0.25, 0.3) is 0 Å². The van der Waals surface area contributed by atoms with Gasteiger partial charge in [0.2, 0.25) is 0 Å². The summed E-state index contributed by atoms with van der Waals surface area (Å²) in [5, 5.41) is 2.74. The van der Waals surface area contributed by atoms with Crippen molar-refractivity contribution in [3.8, 4) is 0 Å². The van der Waals surface area contributed by atoms with Crippen molar-refractivity contribution in [2.45, 2.75) is 12.8 Å². The number of hydrogen-bond acceptors (Lipinski definition) is 4. The largest absolute Gasteiger partial charge is 0.355 e. The van der Waals surface area contributed by atoms with Crippen LogP contribution in [0.15, 0.2) is 36.8 Å². The van der Waals surface area contributed by atoms with E-state index >= 15 is 0 Å². The Bertz CT molecular complexity index is 703. The fourth-order valence-electron chi connectivity index (χ4n) is 2.83. The third kappa shape index (κ3) is 3.84. The number of aromatic nitrogens is 2. The van der Waals surface area contributed by atoms with E-state index in [-0.39, 0.29) is 5.56 Å². The van der Waals surface area contributed by atoms with E-state index in [1.165, 1.54) is 0 Å². The highest BCUT2D eigenvalue weighted by Gasteiger charge is 2.21. The Labute approximate surface area is 138 Å². The maximum atomic E-state index is 13.6. The normalized spacial score (nSPS) is 15.3. The second kappa shape index (κ2) is 7.33. The molecule has 1 aromatic heterocycles. The molecule has 1 amide bonds. The second-order valence-electron chi connectivity index (χ2n) is 5.83. The van der Waals surface area contributed by atoms with Gasteiger partial charge in [0.15, 0.2) is 0 Å². The number of hydrogen-bond donors (Lipinski definition) is 1. The van der Waals surface area contributed by atoms with Crippen LogP contribution in [0, 0.1) is 17.6 Å². The van der Waals surface area contributed by atoms with E-state index < -0.39 is 17.5 Å². The van der Waals surface area contributed by atoms with Crippen LogP contribution >= 0.6 is 0 Å². The number of carbonyl (C=O) groups is 1. The Morgan fingerprint density at radius 1 is 1.25 bits per heavy atom. The van der Waals surface area contributed by atoms with E-state index in [1.54, 1.807) is 18.6 Å². The van der Waals surface area contributed by atoms with Crippen molar-refractivity contribution in [2.75, 3.05) is 24.5 Å². The van der Waals surface area contributed by atoms with E-state index in [0.29, 0.717) is 18.5 Å². The van der Waals surface area contributed by atoms with Gasteiger partial charge in [0, 0.05) is 38.1 Å². The molecule has 0 aliphatic carbocycles. The number of halogens is 2. The number of carbonyl (C=O) groups excluding carboxylic acids is 1. The third-order valence-electron chi connectivity index (χ3n) is 4.22. The van der Waals surface area contributed by atoms with Crippen molar-refractivity contribution in [2.24, 2.45) is 5.92 Å². The standard InChI is InChI=1S/C17H18F2N4O/c18-13-1-2-14(15(19)9-13)17(24)22-10-12-3-7-23(8-4-12)16-11-20-5-6-21-16/h1-2,5-6,9,11-12H,3-4,7-8,10H2,(H,22,24). The van der Waals surface area contributed by atoms with Crippen LogP contribution in [0.4, 0.5) is 14.6 Å².